The Morgan fingerprint density at radius 1 is 1.10 bits per heavy atom. The van der Waals surface area contributed by atoms with Gasteiger partial charge in [0.15, 0.2) is 0 Å². The van der Waals surface area contributed by atoms with Crippen LogP contribution in [0.2, 0.25) is 0 Å². The molecule has 2 aromatic carbocycles. The number of rotatable bonds is 3. The van der Waals surface area contributed by atoms with E-state index in [1.807, 2.05) is 55.6 Å². The van der Waals surface area contributed by atoms with Gasteiger partial charge >= 0.3 is 5.97 Å². The summed E-state index contributed by atoms with van der Waals surface area (Å²) in [5, 5.41) is 14.8. The topological polar surface area (TPSA) is 84.1 Å². The van der Waals surface area contributed by atoms with Crippen molar-refractivity contribution in [1.29, 1.82) is 0 Å². The Kier molecular flexibility index (Phi) is 4.37. The monoisotopic (exact) mass is 397 g/mol. The predicted molar refractivity (Wildman–Crippen MR) is 114 cm³/mol. The molecule has 0 saturated heterocycles. The number of hydrogen-bond donors (Lipinski definition) is 1. The molecule has 7 heteroatoms. The number of likely N-dealkylation sites (N-methyl/N-ethyl adjacent to an activating group) is 1. The highest BCUT2D eigenvalue weighted by molar-refractivity contribution is 6.06. The summed E-state index contributed by atoms with van der Waals surface area (Å²) in [6.07, 6.45) is 5.23. The van der Waals surface area contributed by atoms with E-state index in [9.17, 15) is 9.90 Å². The zero-order valence-electron chi connectivity index (χ0n) is 16.4. The van der Waals surface area contributed by atoms with Gasteiger partial charge in [-0.2, -0.15) is 5.10 Å². The van der Waals surface area contributed by atoms with Gasteiger partial charge < -0.3 is 5.11 Å². The lowest BCUT2D eigenvalue weighted by molar-refractivity contribution is 0.0696. The number of benzene rings is 2. The van der Waals surface area contributed by atoms with Crippen molar-refractivity contribution in [2.45, 2.75) is 6.54 Å². The van der Waals surface area contributed by atoms with Crippen molar-refractivity contribution < 1.29 is 9.90 Å². The Morgan fingerprint density at radius 3 is 2.63 bits per heavy atom. The number of carbonyl (C=O) groups is 1. The third-order valence-electron chi connectivity index (χ3n) is 5.30. The van der Waals surface area contributed by atoms with Crippen molar-refractivity contribution in [3.63, 3.8) is 0 Å². The standard InChI is InChI=1S/C23H19N5O2/c1-27-11-16(10-15-6-8-17(9-7-15)28-14-24-13-25-28)22-19(12-27)21(23(29)30)18-4-2-3-5-20(18)26-22/h2-10,13-14H,11-12H2,1H3,(H,29,30). The molecule has 30 heavy (non-hydrogen) atoms. The molecule has 3 heterocycles. The Bertz CT molecular complexity index is 1280. The first-order valence-corrected chi connectivity index (χ1v) is 9.59. The lowest BCUT2D eigenvalue weighted by atomic mass is 9.92. The van der Waals surface area contributed by atoms with Gasteiger partial charge in [0.1, 0.15) is 12.7 Å². The molecule has 1 aliphatic heterocycles. The Labute approximate surface area is 172 Å². The van der Waals surface area contributed by atoms with Crippen molar-refractivity contribution in [2.24, 2.45) is 0 Å². The number of pyridine rings is 1. The lowest BCUT2D eigenvalue weighted by Crippen LogP contribution is -2.28. The average Bonchev–Trinajstić information content (AvgIpc) is 3.27. The quantitative estimate of drug-likeness (QED) is 0.570. The van der Waals surface area contributed by atoms with Crippen molar-refractivity contribution >= 4 is 28.5 Å². The number of carboxylic acid groups (broad SMARTS) is 1. The van der Waals surface area contributed by atoms with Crippen molar-refractivity contribution in [2.75, 3.05) is 13.6 Å². The Balaban J connectivity index is 1.64. The summed E-state index contributed by atoms with van der Waals surface area (Å²) in [7, 11) is 1.99. The highest BCUT2D eigenvalue weighted by atomic mass is 16.4. The molecule has 148 valence electrons. The second kappa shape index (κ2) is 7.20. The summed E-state index contributed by atoms with van der Waals surface area (Å²) in [5.41, 5.74) is 5.51. The molecule has 0 bridgehead atoms. The molecule has 7 nitrogen and oxygen atoms in total. The number of nitrogens with zero attached hydrogens (tertiary/aromatic N) is 5. The zero-order valence-corrected chi connectivity index (χ0v) is 16.4. The van der Waals surface area contributed by atoms with Gasteiger partial charge in [0.05, 0.1) is 22.5 Å². The van der Waals surface area contributed by atoms with Crippen LogP contribution >= 0.6 is 0 Å². The molecule has 0 aliphatic carbocycles. The summed E-state index contributed by atoms with van der Waals surface area (Å²) in [4.78, 5) is 23.1. The predicted octanol–water partition coefficient (Wildman–Crippen LogP) is 3.50. The first-order chi connectivity index (χ1) is 14.6. The minimum absolute atomic E-state index is 0.342. The minimum Gasteiger partial charge on any atom is -0.478 e. The van der Waals surface area contributed by atoms with Crippen molar-refractivity contribution in [3.8, 4) is 5.69 Å². The third-order valence-corrected chi connectivity index (χ3v) is 5.30. The number of fused-ring (bicyclic) bond motifs is 2. The van der Waals surface area contributed by atoms with E-state index >= 15 is 0 Å². The number of aromatic carboxylic acids is 1. The molecule has 1 N–H and O–H groups in total. The first kappa shape index (κ1) is 18.2. The van der Waals surface area contributed by atoms with E-state index in [1.165, 1.54) is 6.33 Å². The van der Waals surface area contributed by atoms with E-state index in [2.05, 4.69) is 21.1 Å². The van der Waals surface area contributed by atoms with Crippen LogP contribution in [-0.4, -0.2) is 49.3 Å². The number of carboxylic acids is 1. The Hall–Kier alpha value is -3.84. The van der Waals surface area contributed by atoms with Crippen LogP contribution in [0.1, 0.15) is 27.2 Å². The van der Waals surface area contributed by atoms with Gasteiger partial charge in [-0.05, 0) is 42.5 Å². The van der Waals surface area contributed by atoms with Crippen LogP contribution < -0.4 is 0 Å². The van der Waals surface area contributed by atoms with E-state index in [0.29, 0.717) is 29.6 Å². The van der Waals surface area contributed by atoms with Crippen LogP contribution in [0.4, 0.5) is 0 Å². The number of aromatic nitrogens is 4. The third kappa shape index (κ3) is 3.15. The molecule has 0 spiro atoms. The molecule has 1 aliphatic rings. The van der Waals surface area contributed by atoms with Gasteiger partial charge in [-0.15, -0.1) is 0 Å². The fraction of sp³-hybridized carbons (Fsp3) is 0.130. The number of para-hydroxylation sites is 1. The van der Waals surface area contributed by atoms with Crippen LogP contribution in [0.5, 0.6) is 0 Å². The van der Waals surface area contributed by atoms with Gasteiger partial charge in [0.25, 0.3) is 0 Å². The first-order valence-electron chi connectivity index (χ1n) is 9.59. The van der Waals surface area contributed by atoms with E-state index in [4.69, 9.17) is 4.98 Å². The van der Waals surface area contributed by atoms with Crippen LogP contribution in [-0.2, 0) is 6.54 Å². The fourth-order valence-corrected chi connectivity index (χ4v) is 3.99. The maximum atomic E-state index is 12.1. The summed E-state index contributed by atoms with van der Waals surface area (Å²) >= 11 is 0. The van der Waals surface area contributed by atoms with Gasteiger partial charge in [-0.25, -0.2) is 19.4 Å². The molecular weight excluding hydrogens is 378 g/mol. The van der Waals surface area contributed by atoms with Crippen molar-refractivity contribution in [3.05, 3.63) is 83.6 Å². The molecule has 0 saturated carbocycles. The Morgan fingerprint density at radius 2 is 1.90 bits per heavy atom. The van der Waals surface area contributed by atoms with E-state index in [1.54, 1.807) is 11.0 Å². The van der Waals surface area contributed by atoms with Crippen LogP contribution in [0, 0.1) is 0 Å². The maximum Gasteiger partial charge on any atom is 0.336 e. The normalized spacial score (nSPS) is 15.4. The smallest absolute Gasteiger partial charge is 0.336 e. The molecule has 0 fully saturated rings. The fourth-order valence-electron chi connectivity index (χ4n) is 3.99. The summed E-state index contributed by atoms with van der Waals surface area (Å²) in [5.74, 6) is -0.920. The van der Waals surface area contributed by atoms with Gasteiger partial charge in [0.2, 0.25) is 0 Å². The molecule has 0 amide bonds. The summed E-state index contributed by atoms with van der Waals surface area (Å²) < 4.78 is 1.70. The second-order valence-corrected chi connectivity index (χ2v) is 7.41. The van der Waals surface area contributed by atoms with Gasteiger partial charge in [0, 0.05) is 24.0 Å². The number of hydrogen-bond acceptors (Lipinski definition) is 5. The molecule has 0 atom stereocenters. The minimum atomic E-state index is -0.920. The largest absolute Gasteiger partial charge is 0.478 e. The molecular formula is C23H19N5O2. The lowest BCUT2D eigenvalue weighted by Gasteiger charge is -2.28. The van der Waals surface area contributed by atoms with Crippen molar-refractivity contribution in [1.82, 2.24) is 24.6 Å². The second-order valence-electron chi connectivity index (χ2n) is 7.41. The highest BCUT2D eigenvalue weighted by Gasteiger charge is 2.27. The zero-order chi connectivity index (χ0) is 20.7. The molecule has 0 unspecified atom stereocenters. The SMILES string of the molecule is CN1CC(=Cc2ccc(-n3cncn3)cc2)c2nc3ccccc3c(C(=O)O)c2C1. The van der Waals surface area contributed by atoms with E-state index in [-0.39, 0.29) is 0 Å². The van der Waals surface area contributed by atoms with Crippen LogP contribution in [0.15, 0.2) is 61.2 Å². The summed E-state index contributed by atoms with van der Waals surface area (Å²) in [6.45, 7) is 1.25. The van der Waals surface area contributed by atoms with E-state index in [0.717, 1.165) is 28.1 Å². The maximum absolute atomic E-state index is 12.1. The highest BCUT2D eigenvalue weighted by Crippen LogP contribution is 2.33. The molecule has 4 aromatic rings. The molecule has 0 radical (unpaired) electrons. The van der Waals surface area contributed by atoms with E-state index < -0.39 is 5.97 Å². The van der Waals surface area contributed by atoms with Crippen LogP contribution in [0.3, 0.4) is 0 Å². The molecule has 2 aromatic heterocycles. The van der Waals surface area contributed by atoms with Crippen LogP contribution in [0.25, 0.3) is 28.2 Å². The van der Waals surface area contributed by atoms with Gasteiger partial charge in [-0.3, -0.25) is 4.90 Å². The average molecular weight is 397 g/mol. The van der Waals surface area contributed by atoms with Gasteiger partial charge in [-0.1, -0.05) is 30.3 Å². The molecule has 5 rings (SSSR count). The summed E-state index contributed by atoms with van der Waals surface area (Å²) in [6, 6.07) is 15.4.